The SMILES string of the molecule is CCN(CCC(=O)O)C(=O)/C=C/c1ccccc1OC. The number of carboxylic acids is 1. The summed E-state index contributed by atoms with van der Waals surface area (Å²) < 4.78 is 5.19. The van der Waals surface area contributed by atoms with E-state index >= 15 is 0 Å². The van der Waals surface area contributed by atoms with Crippen LogP contribution in [-0.2, 0) is 9.59 Å². The monoisotopic (exact) mass is 277 g/mol. The molecule has 1 rings (SSSR count). The van der Waals surface area contributed by atoms with Gasteiger partial charge in [-0.05, 0) is 19.1 Å². The summed E-state index contributed by atoms with van der Waals surface area (Å²) in [5.74, 6) is -0.435. The first-order valence-electron chi connectivity index (χ1n) is 6.40. The lowest BCUT2D eigenvalue weighted by molar-refractivity contribution is -0.137. The lowest BCUT2D eigenvalue weighted by Crippen LogP contribution is -2.31. The molecule has 108 valence electrons. The van der Waals surface area contributed by atoms with Crippen LogP contribution in [0.4, 0.5) is 0 Å². The van der Waals surface area contributed by atoms with Crippen molar-refractivity contribution in [3.8, 4) is 5.75 Å². The van der Waals surface area contributed by atoms with Gasteiger partial charge >= 0.3 is 5.97 Å². The van der Waals surface area contributed by atoms with E-state index in [-0.39, 0.29) is 18.9 Å². The van der Waals surface area contributed by atoms with Crippen LogP contribution < -0.4 is 4.74 Å². The smallest absolute Gasteiger partial charge is 0.305 e. The summed E-state index contributed by atoms with van der Waals surface area (Å²) in [5.41, 5.74) is 0.803. The third kappa shape index (κ3) is 4.76. The van der Waals surface area contributed by atoms with Gasteiger partial charge in [0.1, 0.15) is 5.75 Å². The predicted octanol–water partition coefficient (Wildman–Crippen LogP) is 2.03. The number of hydrogen-bond donors (Lipinski definition) is 1. The molecule has 20 heavy (non-hydrogen) atoms. The molecule has 0 aliphatic heterocycles. The van der Waals surface area contributed by atoms with Crippen molar-refractivity contribution in [2.75, 3.05) is 20.2 Å². The number of nitrogens with zero attached hydrogens (tertiary/aromatic N) is 1. The van der Waals surface area contributed by atoms with Crippen molar-refractivity contribution in [3.63, 3.8) is 0 Å². The summed E-state index contributed by atoms with van der Waals surface area (Å²) in [4.78, 5) is 24.0. The summed E-state index contributed by atoms with van der Waals surface area (Å²) in [5, 5.41) is 8.64. The molecule has 5 nitrogen and oxygen atoms in total. The van der Waals surface area contributed by atoms with Gasteiger partial charge in [-0.2, -0.15) is 0 Å². The molecule has 1 amide bonds. The first-order chi connectivity index (χ1) is 9.58. The molecular formula is C15H19NO4. The molecule has 0 bridgehead atoms. The fourth-order valence-corrected chi connectivity index (χ4v) is 1.73. The Bertz CT molecular complexity index is 496. The maximum Gasteiger partial charge on any atom is 0.305 e. The zero-order valence-electron chi connectivity index (χ0n) is 11.7. The van der Waals surface area contributed by atoms with Crippen molar-refractivity contribution >= 4 is 18.0 Å². The maximum absolute atomic E-state index is 12.0. The molecule has 0 spiro atoms. The number of rotatable bonds is 7. The van der Waals surface area contributed by atoms with Crippen LogP contribution in [0, 0.1) is 0 Å². The Balaban J connectivity index is 2.72. The number of carbonyl (C=O) groups is 2. The van der Waals surface area contributed by atoms with Crippen LogP contribution in [0.3, 0.4) is 0 Å². The molecule has 1 aromatic carbocycles. The zero-order chi connectivity index (χ0) is 15.0. The van der Waals surface area contributed by atoms with Crippen molar-refractivity contribution in [1.29, 1.82) is 0 Å². The Morgan fingerprint density at radius 1 is 1.35 bits per heavy atom. The van der Waals surface area contributed by atoms with Gasteiger partial charge in [0, 0.05) is 24.7 Å². The second-order valence-electron chi connectivity index (χ2n) is 4.14. The third-order valence-corrected chi connectivity index (χ3v) is 2.83. The van der Waals surface area contributed by atoms with Gasteiger partial charge in [0.25, 0.3) is 0 Å². The standard InChI is InChI=1S/C15H19NO4/c1-3-16(11-10-15(18)19)14(17)9-8-12-6-4-5-7-13(12)20-2/h4-9H,3,10-11H2,1-2H3,(H,18,19)/b9-8+. The first-order valence-corrected chi connectivity index (χ1v) is 6.40. The number of likely N-dealkylation sites (N-methyl/N-ethyl adjacent to an activating group) is 1. The Kier molecular flexibility index (Phi) is 6.29. The van der Waals surface area contributed by atoms with Crippen molar-refractivity contribution in [1.82, 2.24) is 4.90 Å². The van der Waals surface area contributed by atoms with Gasteiger partial charge in [-0.25, -0.2) is 0 Å². The molecule has 0 fully saturated rings. The molecule has 1 N–H and O–H groups in total. The van der Waals surface area contributed by atoms with E-state index in [9.17, 15) is 9.59 Å². The highest BCUT2D eigenvalue weighted by Crippen LogP contribution is 2.18. The van der Waals surface area contributed by atoms with Crippen molar-refractivity contribution in [2.24, 2.45) is 0 Å². The highest BCUT2D eigenvalue weighted by molar-refractivity contribution is 5.92. The summed E-state index contributed by atoms with van der Waals surface area (Å²) in [6, 6.07) is 7.36. The number of aliphatic carboxylic acids is 1. The van der Waals surface area contributed by atoms with Gasteiger partial charge in [-0.15, -0.1) is 0 Å². The molecule has 0 unspecified atom stereocenters. The van der Waals surface area contributed by atoms with Gasteiger partial charge in [-0.3, -0.25) is 9.59 Å². The van der Waals surface area contributed by atoms with Crippen LogP contribution in [-0.4, -0.2) is 42.1 Å². The van der Waals surface area contributed by atoms with E-state index in [2.05, 4.69) is 0 Å². The van der Waals surface area contributed by atoms with Crippen LogP contribution >= 0.6 is 0 Å². The zero-order valence-corrected chi connectivity index (χ0v) is 11.7. The van der Waals surface area contributed by atoms with E-state index in [1.54, 1.807) is 13.2 Å². The van der Waals surface area contributed by atoms with Gasteiger partial charge in [0.05, 0.1) is 13.5 Å². The Morgan fingerprint density at radius 3 is 2.65 bits per heavy atom. The Morgan fingerprint density at radius 2 is 2.05 bits per heavy atom. The molecule has 0 saturated carbocycles. The quantitative estimate of drug-likeness (QED) is 0.774. The molecule has 1 aromatic rings. The normalized spacial score (nSPS) is 10.5. The number of carboxylic acid groups (broad SMARTS) is 1. The molecule has 0 saturated heterocycles. The average Bonchev–Trinajstić information content (AvgIpc) is 2.45. The molecule has 5 heteroatoms. The topological polar surface area (TPSA) is 66.8 Å². The molecule has 0 radical (unpaired) electrons. The van der Waals surface area contributed by atoms with Crippen LogP contribution in [0.2, 0.25) is 0 Å². The van der Waals surface area contributed by atoms with E-state index in [1.165, 1.54) is 11.0 Å². The lowest BCUT2D eigenvalue weighted by Gasteiger charge is -2.17. The van der Waals surface area contributed by atoms with E-state index in [1.807, 2.05) is 31.2 Å². The number of hydrogen-bond acceptors (Lipinski definition) is 3. The highest BCUT2D eigenvalue weighted by atomic mass is 16.5. The average molecular weight is 277 g/mol. The molecule has 0 aromatic heterocycles. The van der Waals surface area contributed by atoms with E-state index < -0.39 is 5.97 Å². The molecule has 0 atom stereocenters. The highest BCUT2D eigenvalue weighted by Gasteiger charge is 2.10. The van der Waals surface area contributed by atoms with Gasteiger partial charge < -0.3 is 14.7 Å². The summed E-state index contributed by atoms with van der Waals surface area (Å²) in [6.45, 7) is 2.50. The van der Waals surface area contributed by atoms with E-state index in [4.69, 9.17) is 9.84 Å². The number of ether oxygens (including phenoxy) is 1. The number of amides is 1. The lowest BCUT2D eigenvalue weighted by atomic mass is 10.2. The van der Waals surface area contributed by atoms with Gasteiger partial charge in [0.2, 0.25) is 5.91 Å². The number of para-hydroxylation sites is 1. The van der Waals surface area contributed by atoms with Crippen molar-refractivity contribution < 1.29 is 19.4 Å². The maximum atomic E-state index is 12.0. The second kappa shape index (κ2) is 7.99. The first kappa shape index (κ1) is 15.8. The van der Waals surface area contributed by atoms with E-state index in [0.29, 0.717) is 12.3 Å². The Labute approximate surface area is 118 Å². The third-order valence-electron chi connectivity index (χ3n) is 2.83. The van der Waals surface area contributed by atoms with E-state index in [0.717, 1.165) is 5.56 Å². The number of carbonyl (C=O) groups excluding carboxylic acids is 1. The Hall–Kier alpha value is -2.30. The van der Waals surface area contributed by atoms with Crippen LogP contribution in [0.25, 0.3) is 6.08 Å². The summed E-state index contributed by atoms with van der Waals surface area (Å²) >= 11 is 0. The fraction of sp³-hybridized carbons (Fsp3) is 0.333. The van der Waals surface area contributed by atoms with Crippen LogP contribution in [0.1, 0.15) is 18.9 Å². The second-order valence-corrected chi connectivity index (χ2v) is 4.14. The van der Waals surface area contributed by atoms with Crippen LogP contribution in [0.5, 0.6) is 5.75 Å². The predicted molar refractivity (Wildman–Crippen MR) is 76.5 cm³/mol. The number of benzene rings is 1. The van der Waals surface area contributed by atoms with Crippen molar-refractivity contribution in [3.05, 3.63) is 35.9 Å². The minimum atomic E-state index is -0.912. The van der Waals surface area contributed by atoms with Crippen LogP contribution in [0.15, 0.2) is 30.3 Å². The summed E-state index contributed by atoms with van der Waals surface area (Å²) in [6.07, 6.45) is 3.05. The number of methoxy groups -OCH3 is 1. The largest absolute Gasteiger partial charge is 0.496 e. The molecule has 0 aliphatic carbocycles. The van der Waals surface area contributed by atoms with Gasteiger partial charge in [0.15, 0.2) is 0 Å². The summed E-state index contributed by atoms with van der Waals surface area (Å²) in [7, 11) is 1.57. The fourth-order valence-electron chi connectivity index (χ4n) is 1.73. The minimum absolute atomic E-state index is 0.0535. The minimum Gasteiger partial charge on any atom is -0.496 e. The van der Waals surface area contributed by atoms with Gasteiger partial charge in [-0.1, -0.05) is 18.2 Å². The molecular weight excluding hydrogens is 258 g/mol. The molecule has 0 heterocycles. The molecule has 0 aliphatic rings. The van der Waals surface area contributed by atoms with Crippen molar-refractivity contribution in [2.45, 2.75) is 13.3 Å².